The fraction of sp³-hybridized carbons (Fsp3) is 0.588. The van der Waals surface area contributed by atoms with Gasteiger partial charge in [-0.1, -0.05) is 6.07 Å². The second-order valence-electron chi connectivity index (χ2n) is 6.04. The highest BCUT2D eigenvalue weighted by molar-refractivity contribution is 5.79. The molecule has 22 heavy (non-hydrogen) atoms. The molecule has 1 aromatic rings. The molecule has 1 heterocycles. The summed E-state index contributed by atoms with van der Waals surface area (Å²) in [7, 11) is 3.47. The number of ether oxygens (including phenoxy) is 2. The molecule has 122 valence electrons. The molecule has 0 bridgehead atoms. The minimum Gasteiger partial charge on any atom is -0.497 e. The first kappa shape index (κ1) is 16.6. The van der Waals surface area contributed by atoms with Crippen LogP contribution in [0.4, 0.5) is 0 Å². The Morgan fingerprint density at radius 2 is 2.18 bits per heavy atom. The molecule has 0 aliphatic carbocycles. The maximum atomic E-state index is 5.78. The molecule has 1 atom stereocenters. The van der Waals surface area contributed by atoms with E-state index in [0.717, 1.165) is 37.7 Å². The second kappa shape index (κ2) is 7.49. The van der Waals surface area contributed by atoms with Gasteiger partial charge in [0.05, 0.1) is 12.7 Å². The molecule has 1 fully saturated rings. The van der Waals surface area contributed by atoms with Crippen LogP contribution in [0.15, 0.2) is 23.2 Å². The number of hydrogen-bond donors (Lipinski definition) is 2. The molecular formula is C17H27N3O2. The summed E-state index contributed by atoms with van der Waals surface area (Å²) in [4.78, 5) is 4.27. The van der Waals surface area contributed by atoms with Gasteiger partial charge < -0.3 is 20.1 Å². The third-order valence-electron chi connectivity index (χ3n) is 3.96. The number of aryl methyl sites for hydroxylation is 1. The second-order valence-corrected chi connectivity index (χ2v) is 6.04. The molecule has 1 unspecified atom stereocenters. The quantitative estimate of drug-likeness (QED) is 0.647. The predicted molar refractivity (Wildman–Crippen MR) is 89.5 cm³/mol. The third kappa shape index (κ3) is 4.63. The number of rotatable bonds is 5. The maximum Gasteiger partial charge on any atom is 0.191 e. The van der Waals surface area contributed by atoms with Crippen molar-refractivity contribution < 1.29 is 9.47 Å². The van der Waals surface area contributed by atoms with E-state index in [1.54, 1.807) is 14.2 Å². The molecular weight excluding hydrogens is 278 g/mol. The van der Waals surface area contributed by atoms with Crippen molar-refractivity contribution >= 4 is 5.96 Å². The fourth-order valence-electron chi connectivity index (χ4n) is 2.70. The molecule has 5 heteroatoms. The molecule has 0 saturated carbocycles. The molecule has 0 radical (unpaired) electrons. The first-order valence-electron chi connectivity index (χ1n) is 7.78. The Balaban J connectivity index is 1.87. The number of hydrogen-bond acceptors (Lipinski definition) is 3. The van der Waals surface area contributed by atoms with Crippen LogP contribution < -0.4 is 15.4 Å². The number of guanidine groups is 1. The Hall–Kier alpha value is -1.75. The topological polar surface area (TPSA) is 54.9 Å². The first-order valence-corrected chi connectivity index (χ1v) is 7.78. The van der Waals surface area contributed by atoms with E-state index in [1.807, 2.05) is 12.1 Å². The number of aliphatic imine (C=N–C) groups is 1. The standard InChI is InChI=1S/C17H27N3O2/c1-13-8-14(10-15(9-13)21-4)11-19-16(18-3)20-12-17(2)6-5-7-22-17/h8-10H,5-7,11-12H2,1-4H3,(H2,18,19,20). The van der Waals surface area contributed by atoms with Gasteiger partial charge in [0.1, 0.15) is 5.75 Å². The van der Waals surface area contributed by atoms with E-state index in [2.05, 4.69) is 35.5 Å². The summed E-state index contributed by atoms with van der Waals surface area (Å²) in [5.41, 5.74) is 2.28. The van der Waals surface area contributed by atoms with Crippen molar-refractivity contribution in [3.05, 3.63) is 29.3 Å². The molecule has 1 aromatic carbocycles. The molecule has 2 rings (SSSR count). The van der Waals surface area contributed by atoms with Crippen LogP contribution in [0.5, 0.6) is 5.75 Å². The molecule has 0 spiro atoms. The molecule has 1 saturated heterocycles. The Kier molecular flexibility index (Phi) is 5.66. The van der Waals surface area contributed by atoms with E-state index < -0.39 is 0 Å². The van der Waals surface area contributed by atoms with Gasteiger partial charge in [-0.25, -0.2) is 0 Å². The normalized spacial score (nSPS) is 21.7. The van der Waals surface area contributed by atoms with Gasteiger partial charge in [0.15, 0.2) is 5.96 Å². The molecule has 5 nitrogen and oxygen atoms in total. The average Bonchev–Trinajstić information content (AvgIpc) is 2.94. The third-order valence-corrected chi connectivity index (χ3v) is 3.96. The zero-order valence-electron chi connectivity index (χ0n) is 14.0. The van der Waals surface area contributed by atoms with Gasteiger partial charge in [0.25, 0.3) is 0 Å². The van der Waals surface area contributed by atoms with Gasteiger partial charge in [-0.2, -0.15) is 0 Å². The maximum absolute atomic E-state index is 5.78. The summed E-state index contributed by atoms with van der Waals surface area (Å²) in [5.74, 6) is 1.67. The minimum absolute atomic E-state index is 0.0792. The van der Waals surface area contributed by atoms with Crippen molar-refractivity contribution in [3.63, 3.8) is 0 Å². The van der Waals surface area contributed by atoms with Crippen LogP contribution in [0.2, 0.25) is 0 Å². The Bertz CT molecular complexity index is 523. The monoisotopic (exact) mass is 305 g/mol. The van der Waals surface area contributed by atoms with Gasteiger partial charge in [-0.05, 0) is 49.9 Å². The summed E-state index contributed by atoms with van der Waals surface area (Å²) >= 11 is 0. The molecule has 0 amide bonds. The number of methoxy groups -OCH3 is 1. The molecule has 2 N–H and O–H groups in total. The van der Waals surface area contributed by atoms with Crippen LogP contribution in [0, 0.1) is 6.92 Å². The lowest BCUT2D eigenvalue weighted by Crippen LogP contribution is -2.45. The highest BCUT2D eigenvalue weighted by atomic mass is 16.5. The van der Waals surface area contributed by atoms with Crippen LogP contribution in [0.25, 0.3) is 0 Å². The lowest BCUT2D eigenvalue weighted by molar-refractivity contribution is 0.0243. The van der Waals surface area contributed by atoms with E-state index in [-0.39, 0.29) is 5.60 Å². The van der Waals surface area contributed by atoms with Crippen molar-refractivity contribution in [1.82, 2.24) is 10.6 Å². The lowest BCUT2D eigenvalue weighted by atomic mass is 10.0. The smallest absolute Gasteiger partial charge is 0.191 e. The highest BCUT2D eigenvalue weighted by Gasteiger charge is 2.29. The van der Waals surface area contributed by atoms with Crippen molar-refractivity contribution in [2.75, 3.05) is 27.3 Å². The number of nitrogens with one attached hydrogen (secondary N) is 2. The summed E-state index contributed by atoms with van der Waals surface area (Å²) in [6, 6.07) is 6.20. The van der Waals surface area contributed by atoms with Gasteiger partial charge >= 0.3 is 0 Å². The van der Waals surface area contributed by atoms with E-state index in [0.29, 0.717) is 6.54 Å². The molecule has 1 aliphatic heterocycles. The predicted octanol–water partition coefficient (Wildman–Crippen LogP) is 2.24. The zero-order valence-corrected chi connectivity index (χ0v) is 14.0. The van der Waals surface area contributed by atoms with Gasteiger partial charge in [0.2, 0.25) is 0 Å². The largest absolute Gasteiger partial charge is 0.497 e. The van der Waals surface area contributed by atoms with E-state index in [9.17, 15) is 0 Å². The van der Waals surface area contributed by atoms with Crippen LogP contribution in [-0.4, -0.2) is 38.9 Å². The van der Waals surface area contributed by atoms with E-state index in [4.69, 9.17) is 9.47 Å². The van der Waals surface area contributed by atoms with Crippen molar-refractivity contribution in [1.29, 1.82) is 0 Å². The van der Waals surface area contributed by atoms with Gasteiger partial charge in [-0.3, -0.25) is 4.99 Å². The summed E-state index contributed by atoms with van der Waals surface area (Å²) < 4.78 is 11.1. The number of benzene rings is 1. The lowest BCUT2D eigenvalue weighted by Gasteiger charge is -2.24. The van der Waals surface area contributed by atoms with Crippen LogP contribution in [0.1, 0.15) is 30.9 Å². The summed E-state index contributed by atoms with van der Waals surface area (Å²) in [6.45, 7) is 6.54. The molecule has 1 aliphatic rings. The zero-order chi connectivity index (χ0) is 16.0. The van der Waals surface area contributed by atoms with Crippen LogP contribution in [0.3, 0.4) is 0 Å². The van der Waals surface area contributed by atoms with Crippen molar-refractivity contribution in [2.24, 2.45) is 4.99 Å². The summed E-state index contributed by atoms with van der Waals surface area (Å²) in [6.07, 6.45) is 2.22. The Morgan fingerprint density at radius 3 is 2.82 bits per heavy atom. The molecule has 0 aromatic heterocycles. The van der Waals surface area contributed by atoms with Crippen LogP contribution in [-0.2, 0) is 11.3 Å². The first-order chi connectivity index (χ1) is 10.5. The minimum atomic E-state index is -0.0792. The Morgan fingerprint density at radius 1 is 1.36 bits per heavy atom. The average molecular weight is 305 g/mol. The number of nitrogens with zero attached hydrogens (tertiary/aromatic N) is 1. The highest BCUT2D eigenvalue weighted by Crippen LogP contribution is 2.23. The van der Waals surface area contributed by atoms with E-state index >= 15 is 0 Å². The van der Waals surface area contributed by atoms with Gasteiger partial charge in [-0.15, -0.1) is 0 Å². The Labute approximate surface area is 133 Å². The van der Waals surface area contributed by atoms with Crippen molar-refractivity contribution in [2.45, 2.75) is 38.8 Å². The SMILES string of the molecule is CN=C(NCc1cc(C)cc(OC)c1)NCC1(C)CCCO1. The van der Waals surface area contributed by atoms with Crippen molar-refractivity contribution in [3.8, 4) is 5.75 Å². The van der Waals surface area contributed by atoms with Gasteiger partial charge in [0, 0.05) is 26.7 Å². The van der Waals surface area contributed by atoms with E-state index in [1.165, 1.54) is 11.1 Å². The van der Waals surface area contributed by atoms with Crippen LogP contribution >= 0.6 is 0 Å². The summed E-state index contributed by atoms with van der Waals surface area (Å²) in [5, 5.41) is 6.68. The fourth-order valence-corrected chi connectivity index (χ4v) is 2.70.